The molecule has 1 aromatic rings. The van der Waals surface area contributed by atoms with Crippen molar-refractivity contribution in [2.45, 2.75) is 65.3 Å². The lowest BCUT2D eigenvalue weighted by molar-refractivity contribution is -0.397. The molecule has 0 unspecified atom stereocenters. The summed E-state index contributed by atoms with van der Waals surface area (Å²) in [5.41, 5.74) is 1.01. The number of nitro groups is 1. The van der Waals surface area contributed by atoms with E-state index in [-0.39, 0.29) is 30.6 Å². The maximum absolute atomic E-state index is 11.7. The van der Waals surface area contributed by atoms with Crippen molar-refractivity contribution < 1.29 is 19.3 Å². The van der Waals surface area contributed by atoms with Gasteiger partial charge in [-0.15, -0.1) is 0 Å². The van der Waals surface area contributed by atoms with Crippen molar-refractivity contribution in [2.75, 3.05) is 6.54 Å². The Morgan fingerprint density at radius 3 is 2.35 bits per heavy atom. The fraction of sp³-hybridized carbons (Fsp3) is 0.688. The number of imidazole rings is 1. The van der Waals surface area contributed by atoms with Crippen molar-refractivity contribution in [3.63, 3.8) is 0 Å². The van der Waals surface area contributed by atoms with Gasteiger partial charge in [-0.3, -0.25) is 14.4 Å². The van der Waals surface area contributed by atoms with Gasteiger partial charge in [-0.25, -0.2) is 4.57 Å². The number of carbonyl (C=O) groups is 2. The molecule has 0 saturated carbocycles. The van der Waals surface area contributed by atoms with Gasteiger partial charge in [0.2, 0.25) is 0 Å². The van der Waals surface area contributed by atoms with Crippen molar-refractivity contribution in [2.24, 2.45) is 0 Å². The van der Waals surface area contributed by atoms with Crippen LogP contribution in [0.4, 0.5) is 5.95 Å². The number of nitrogens with zero attached hydrogens (tertiary/aromatic N) is 3. The van der Waals surface area contributed by atoms with Crippen LogP contribution in [0.2, 0.25) is 0 Å². The van der Waals surface area contributed by atoms with Gasteiger partial charge in [0.05, 0.1) is 11.1 Å². The molecule has 10 heteroatoms. The van der Waals surface area contributed by atoms with Crippen LogP contribution in [0.15, 0.2) is 12.4 Å². The van der Waals surface area contributed by atoms with E-state index in [9.17, 15) is 19.7 Å². The highest BCUT2D eigenvalue weighted by Gasteiger charge is 2.29. The van der Waals surface area contributed by atoms with Crippen LogP contribution in [0.25, 0.3) is 0 Å². The zero-order valence-corrected chi connectivity index (χ0v) is 16.0. The highest BCUT2D eigenvalue weighted by Crippen LogP contribution is 2.12. The predicted molar refractivity (Wildman–Crippen MR) is 94.4 cm³/mol. The third kappa shape index (κ3) is 5.97. The Morgan fingerprint density at radius 2 is 1.85 bits per heavy atom. The smallest absolute Gasteiger partial charge is 0.390 e. The summed E-state index contributed by atoms with van der Waals surface area (Å²) in [6, 6.07) is 0. The van der Waals surface area contributed by atoms with Gasteiger partial charge in [0, 0.05) is 6.54 Å². The van der Waals surface area contributed by atoms with Crippen molar-refractivity contribution in [3.8, 4) is 0 Å². The standard InChI is InChI=1S/C16H27N5O5/c1-11(22)15(3,4)18-9-13(26-19-16(5,6)12(2)23)10-20-8-7-17-14(20)21(24)25/h7-8,13,18-19H,9-10H2,1-6H3/t13-/m0/s1. The summed E-state index contributed by atoms with van der Waals surface area (Å²) in [5, 5.41) is 14.1. The minimum Gasteiger partial charge on any atom is -0.390 e. The molecule has 0 aliphatic heterocycles. The van der Waals surface area contributed by atoms with E-state index in [0.29, 0.717) is 0 Å². The summed E-state index contributed by atoms with van der Waals surface area (Å²) < 4.78 is 1.34. The Kier molecular flexibility index (Phi) is 7.13. The highest BCUT2D eigenvalue weighted by molar-refractivity contribution is 5.85. The fourth-order valence-corrected chi connectivity index (χ4v) is 1.77. The topological polar surface area (TPSA) is 128 Å². The van der Waals surface area contributed by atoms with E-state index in [4.69, 9.17) is 4.84 Å². The lowest BCUT2D eigenvalue weighted by Gasteiger charge is -2.29. The van der Waals surface area contributed by atoms with Crippen molar-refractivity contribution in [1.82, 2.24) is 20.3 Å². The maximum Gasteiger partial charge on any atom is 0.434 e. The minimum absolute atomic E-state index is 0.0538. The van der Waals surface area contributed by atoms with Crippen LogP contribution < -0.4 is 10.8 Å². The Bertz CT molecular complexity index is 638. The molecule has 146 valence electrons. The summed E-state index contributed by atoms with van der Waals surface area (Å²) in [4.78, 5) is 43.1. The molecular weight excluding hydrogens is 342 g/mol. The van der Waals surface area contributed by atoms with Crippen LogP contribution in [-0.4, -0.2) is 49.8 Å². The molecule has 0 aliphatic carbocycles. The first-order valence-corrected chi connectivity index (χ1v) is 8.22. The molecule has 0 amide bonds. The second-order valence-electron chi connectivity index (χ2n) is 7.22. The Hall–Kier alpha value is -2.17. The van der Waals surface area contributed by atoms with E-state index in [1.54, 1.807) is 27.7 Å². The largest absolute Gasteiger partial charge is 0.434 e. The number of hydroxylamine groups is 1. The number of ketones is 2. The minimum atomic E-state index is -0.921. The molecule has 0 bridgehead atoms. The SMILES string of the molecule is CC(=O)C(C)(C)NC[C@@H](Cn1ccnc1[N+](=O)[O-])ONC(C)(C)C(C)=O. The van der Waals surface area contributed by atoms with Gasteiger partial charge in [0.25, 0.3) is 0 Å². The highest BCUT2D eigenvalue weighted by atomic mass is 16.7. The fourth-order valence-electron chi connectivity index (χ4n) is 1.77. The maximum atomic E-state index is 11.7. The van der Waals surface area contributed by atoms with E-state index in [0.717, 1.165) is 0 Å². The van der Waals surface area contributed by atoms with E-state index in [2.05, 4.69) is 15.8 Å². The summed E-state index contributed by atoms with van der Waals surface area (Å²) in [6.07, 6.45) is 2.20. The molecule has 0 spiro atoms. The number of Topliss-reactive ketones (excluding diaryl/α,β-unsaturated/α-hetero) is 2. The van der Waals surface area contributed by atoms with Crippen LogP contribution in [0.3, 0.4) is 0 Å². The second-order valence-corrected chi connectivity index (χ2v) is 7.22. The first-order valence-electron chi connectivity index (χ1n) is 8.22. The van der Waals surface area contributed by atoms with Crippen LogP contribution in [0, 0.1) is 10.1 Å². The third-order valence-electron chi connectivity index (χ3n) is 4.27. The Labute approximate surface area is 152 Å². The molecule has 10 nitrogen and oxygen atoms in total. The van der Waals surface area contributed by atoms with Gasteiger partial charge in [-0.2, -0.15) is 5.48 Å². The predicted octanol–water partition coefficient (Wildman–Crippen LogP) is 1.01. The number of aromatic nitrogens is 2. The van der Waals surface area contributed by atoms with Gasteiger partial charge in [0.15, 0.2) is 5.78 Å². The first kappa shape index (κ1) is 21.9. The number of hydrogen-bond donors (Lipinski definition) is 2. The number of carbonyl (C=O) groups excluding carboxylic acids is 2. The molecule has 1 rings (SSSR count). The molecule has 0 saturated heterocycles. The van der Waals surface area contributed by atoms with Gasteiger partial charge >= 0.3 is 5.95 Å². The van der Waals surface area contributed by atoms with Gasteiger partial charge < -0.3 is 15.4 Å². The molecule has 1 aromatic heterocycles. The number of nitrogens with one attached hydrogen (secondary N) is 2. The van der Waals surface area contributed by atoms with Crippen molar-refractivity contribution >= 4 is 17.5 Å². The third-order valence-corrected chi connectivity index (χ3v) is 4.27. The van der Waals surface area contributed by atoms with Gasteiger partial charge in [-0.1, -0.05) is 4.98 Å². The normalized spacial score (nSPS) is 13.5. The summed E-state index contributed by atoms with van der Waals surface area (Å²) in [6.45, 7) is 10.0. The quantitative estimate of drug-likeness (QED) is 0.437. The van der Waals surface area contributed by atoms with E-state index in [1.807, 2.05) is 0 Å². The van der Waals surface area contributed by atoms with Crippen molar-refractivity contribution in [3.05, 3.63) is 22.5 Å². The average molecular weight is 369 g/mol. The average Bonchev–Trinajstić information content (AvgIpc) is 2.98. The summed E-state index contributed by atoms with van der Waals surface area (Å²) >= 11 is 0. The Morgan fingerprint density at radius 1 is 1.27 bits per heavy atom. The molecule has 1 atom stereocenters. The van der Waals surface area contributed by atoms with Crippen LogP contribution in [0.1, 0.15) is 41.5 Å². The van der Waals surface area contributed by atoms with Crippen molar-refractivity contribution in [1.29, 1.82) is 0 Å². The number of rotatable bonds is 11. The second kappa shape index (κ2) is 8.47. The molecule has 26 heavy (non-hydrogen) atoms. The van der Waals surface area contributed by atoms with Crippen LogP contribution in [0.5, 0.6) is 0 Å². The molecule has 2 N–H and O–H groups in total. The Balaban J connectivity index is 2.90. The molecule has 0 fully saturated rings. The molecule has 0 aliphatic rings. The molecule has 1 heterocycles. The zero-order chi connectivity index (χ0) is 20.1. The summed E-state index contributed by atoms with van der Waals surface area (Å²) in [5.74, 6) is -0.487. The van der Waals surface area contributed by atoms with E-state index in [1.165, 1.54) is 30.8 Å². The summed E-state index contributed by atoms with van der Waals surface area (Å²) in [7, 11) is 0. The van der Waals surface area contributed by atoms with Crippen LogP contribution in [-0.2, 0) is 21.0 Å². The van der Waals surface area contributed by atoms with E-state index >= 15 is 0 Å². The first-order chi connectivity index (χ1) is 11.9. The zero-order valence-electron chi connectivity index (χ0n) is 16.0. The number of hydrogen-bond acceptors (Lipinski definition) is 8. The van der Waals surface area contributed by atoms with E-state index < -0.39 is 22.1 Å². The molecular formula is C16H27N5O5. The molecule has 0 aromatic carbocycles. The monoisotopic (exact) mass is 369 g/mol. The lowest BCUT2D eigenvalue weighted by atomic mass is 10.0. The lowest BCUT2D eigenvalue weighted by Crippen LogP contribution is -2.53. The van der Waals surface area contributed by atoms with Gasteiger partial charge in [-0.05, 0) is 46.5 Å². The van der Waals surface area contributed by atoms with Gasteiger partial charge in [0.1, 0.15) is 30.8 Å². The molecule has 0 radical (unpaired) electrons. The van der Waals surface area contributed by atoms with Crippen LogP contribution >= 0.6 is 0 Å².